The van der Waals surface area contributed by atoms with Gasteiger partial charge in [0.25, 0.3) is 0 Å². The van der Waals surface area contributed by atoms with Crippen LogP contribution >= 0.6 is 11.6 Å². The molecule has 0 aromatic carbocycles. The number of alkyl halides is 1. The summed E-state index contributed by atoms with van der Waals surface area (Å²) in [4.78, 5) is 11.3. The zero-order valence-corrected chi connectivity index (χ0v) is 12.0. The molecule has 0 fully saturated rings. The molecule has 0 aliphatic rings. The zero-order chi connectivity index (χ0) is 12.8. The molecule has 1 rings (SSSR count). The first kappa shape index (κ1) is 14.2. The number of halogens is 1. The van der Waals surface area contributed by atoms with Crippen LogP contribution < -0.4 is 4.90 Å². The third kappa shape index (κ3) is 3.56. The molecule has 1 aromatic rings. The van der Waals surface area contributed by atoms with E-state index in [1.165, 1.54) is 0 Å². The molecule has 0 radical (unpaired) electrons. The summed E-state index contributed by atoms with van der Waals surface area (Å²) in [6, 6.07) is 0.491. The summed E-state index contributed by atoms with van der Waals surface area (Å²) in [5, 5.41) is 0. The minimum Gasteiger partial charge on any atom is -0.351 e. The van der Waals surface area contributed by atoms with E-state index in [1.54, 1.807) is 0 Å². The molecule has 1 aromatic heterocycles. The van der Waals surface area contributed by atoms with Crippen molar-refractivity contribution in [3.05, 3.63) is 17.6 Å². The van der Waals surface area contributed by atoms with Crippen LogP contribution in [0.2, 0.25) is 0 Å². The fraction of sp³-hybridized carbons (Fsp3) is 0.692. The molecule has 0 unspecified atom stereocenters. The van der Waals surface area contributed by atoms with Crippen LogP contribution in [0, 0.1) is 13.8 Å². The predicted octanol–water partition coefficient (Wildman–Crippen LogP) is 3.33. The summed E-state index contributed by atoms with van der Waals surface area (Å²) in [6.45, 7) is 9.20. The van der Waals surface area contributed by atoms with Gasteiger partial charge in [-0.15, -0.1) is 11.6 Å². The van der Waals surface area contributed by atoms with Gasteiger partial charge in [0.15, 0.2) is 0 Å². The lowest BCUT2D eigenvalue weighted by Gasteiger charge is -2.31. The number of rotatable bonds is 6. The maximum atomic E-state index is 5.89. The summed E-state index contributed by atoms with van der Waals surface area (Å²) in [7, 11) is 0. The molecule has 0 atom stereocenters. The first-order valence-electron chi connectivity index (χ1n) is 6.26. The summed E-state index contributed by atoms with van der Waals surface area (Å²) in [6.07, 6.45) is 4.05. The van der Waals surface area contributed by atoms with E-state index in [9.17, 15) is 0 Å². The maximum absolute atomic E-state index is 5.89. The summed E-state index contributed by atoms with van der Waals surface area (Å²) >= 11 is 5.89. The largest absolute Gasteiger partial charge is 0.351 e. The molecular formula is C13H22ClN3. The van der Waals surface area contributed by atoms with Gasteiger partial charge in [-0.2, -0.15) is 0 Å². The van der Waals surface area contributed by atoms with Crippen LogP contribution in [0.3, 0.4) is 0 Å². The second-order valence-electron chi connectivity index (χ2n) is 4.25. The van der Waals surface area contributed by atoms with E-state index >= 15 is 0 Å². The highest BCUT2D eigenvalue weighted by Gasteiger charge is 2.17. The number of hydrogen-bond acceptors (Lipinski definition) is 3. The number of aryl methyl sites for hydroxylation is 2. The van der Waals surface area contributed by atoms with Gasteiger partial charge in [0, 0.05) is 18.5 Å². The van der Waals surface area contributed by atoms with Gasteiger partial charge in [-0.25, -0.2) is 4.98 Å². The number of hydrogen-bond donors (Lipinski definition) is 0. The molecule has 0 bridgehead atoms. The van der Waals surface area contributed by atoms with Crippen molar-refractivity contribution in [2.24, 2.45) is 0 Å². The van der Waals surface area contributed by atoms with Crippen molar-refractivity contribution < 1.29 is 0 Å². The minimum atomic E-state index is 0.491. The van der Waals surface area contributed by atoms with E-state index in [0.717, 1.165) is 36.6 Å². The van der Waals surface area contributed by atoms with Crippen LogP contribution in [0.15, 0.2) is 6.20 Å². The quantitative estimate of drug-likeness (QED) is 0.730. The van der Waals surface area contributed by atoms with Crippen molar-refractivity contribution in [2.75, 3.05) is 17.3 Å². The summed E-state index contributed by atoms with van der Waals surface area (Å²) in [5.41, 5.74) is 1.98. The Morgan fingerprint density at radius 1 is 1.24 bits per heavy atom. The molecule has 0 N–H and O–H groups in total. The Morgan fingerprint density at radius 2 is 1.88 bits per heavy atom. The van der Waals surface area contributed by atoms with E-state index in [0.29, 0.717) is 11.9 Å². The van der Waals surface area contributed by atoms with Crippen LogP contribution in [0.4, 0.5) is 5.82 Å². The van der Waals surface area contributed by atoms with Gasteiger partial charge < -0.3 is 4.90 Å². The van der Waals surface area contributed by atoms with Crippen LogP contribution in [-0.4, -0.2) is 28.4 Å². The van der Waals surface area contributed by atoms with Crippen molar-refractivity contribution in [1.82, 2.24) is 9.97 Å². The van der Waals surface area contributed by atoms with Crippen LogP contribution in [-0.2, 0) is 0 Å². The SMILES string of the molecule is CCC(CC)N(CCCl)c1cnc(C)c(C)n1. The van der Waals surface area contributed by atoms with Crippen LogP contribution in [0.1, 0.15) is 38.1 Å². The molecule has 1 heterocycles. The fourth-order valence-electron chi connectivity index (χ4n) is 1.97. The standard InChI is InChI=1S/C13H22ClN3/c1-5-12(6-2)17(8-7-14)13-9-15-10(3)11(4)16-13/h9,12H,5-8H2,1-4H3. The Balaban J connectivity index is 2.99. The van der Waals surface area contributed by atoms with Gasteiger partial charge >= 0.3 is 0 Å². The molecule has 3 nitrogen and oxygen atoms in total. The highest BCUT2D eigenvalue weighted by atomic mass is 35.5. The van der Waals surface area contributed by atoms with Gasteiger partial charge in [-0.3, -0.25) is 4.98 Å². The lowest BCUT2D eigenvalue weighted by molar-refractivity contribution is 0.561. The van der Waals surface area contributed by atoms with E-state index in [4.69, 9.17) is 11.6 Å². The van der Waals surface area contributed by atoms with Crippen molar-refractivity contribution in [3.63, 3.8) is 0 Å². The van der Waals surface area contributed by atoms with Crippen molar-refractivity contribution in [3.8, 4) is 0 Å². The maximum Gasteiger partial charge on any atom is 0.147 e. The Kier molecular flexibility index (Phi) is 5.69. The Hall–Kier alpha value is -0.830. The first-order chi connectivity index (χ1) is 8.13. The first-order valence-corrected chi connectivity index (χ1v) is 6.80. The van der Waals surface area contributed by atoms with Crippen molar-refractivity contribution in [1.29, 1.82) is 0 Å². The smallest absolute Gasteiger partial charge is 0.147 e. The monoisotopic (exact) mass is 255 g/mol. The third-order valence-corrected chi connectivity index (χ3v) is 3.35. The lowest BCUT2D eigenvalue weighted by atomic mass is 10.1. The molecule has 96 valence electrons. The molecule has 0 saturated heterocycles. The van der Waals surface area contributed by atoms with E-state index in [2.05, 4.69) is 28.7 Å². The topological polar surface area (TPSA) is 29.0 Å². The van der Waals surface area contributed by atoms with Crippen molar-refractivity contribution in [2.45, 2.75) is 46.6 Å². The molecule has 0 aliphatic carbocycles. The number of nitrogens with zero attached hydrogens (tertiary/aromatic N) is 3. The summed E-state index contributed by atoms with van der Waals surface area (Å²) < 4.78 is 0. The van der Waals surface area contributed by atoms with Crippen molar-refractivity contribution >= 4 is 17.4 Å². The highest BCUT2D eigenvalue weighted by molar-refractivity contribution is 6.18. The molecule has 0 saturated carbocycles. The Morgan fingerprint density at radius 3 is 2.35 bits per heavy atom. The molecular weight excluding hydrogens is 234 g/mol. The van der Waals surface area contributed by atoms with Crippen LogP contribution in [0.25, 0.3) is 0 Å². The van der Waals surface area contributed by atoms with E-state index < -0.39 is 0 Å². The Bertz CT molecular complexity index is 351. The van der Waals surface area contributed by atoms with E-state index in [-0.39, 0.29) is 0 Å². The summed E-state index contributed by atoms with van der Waals surface area (Å²) in [5.74, 6) is 1.56. The van der Waals surface area contributed by atoms with Gasteiger partial charge in [0.05, 0.1) is 17.6 Å². The van der Waals surface area contributed by atoms with E-state index in [1.807, 2.05) is 20.0 Å². The van der Waals surface area contributed by atoms with Gasteiger partial charge in [-0.05, 0) is 26.7 Å². The van der Waals surface area contributed by atoms with Gasteiger partial charge in [-0.1, -0.05) is 13.8 Å². The predicted molar refractivity (Wildman–Crippen MR) is 73.9 cm³/mol. The Labute approximate surface area is 109 Å². The normalized spacial score (nSPS) is 10.9. The molecule has 0 spiro atoms. The molecule has 4 heteroatoms. The second kappa shape index (κ2) is 6.80. The fourth-order valence-corrected chi connectivity index (χ4v) is 2.15. The zero-order valence-electron chi connectivity index (χ0n) is 11.2. The molecule has 17 heavy (non-hydrogen) atoms. The molecule has 0 aliphatic heterocycles. The average Bonchev–Trinajstić information content (AvgIpc) is 2.33. The van der Waals surface area contributed by atoms with Crippen LogP contribution in [0.5, 0.6) is 0 Å². The average molecular weight is 256 g/mol. The number of anilines is 1. The highest BCUT2D eigenvalue weighted by Crippen LogP contribution is 2.18. The van der Waals surface area contributed by atoms with Gasteiger partial charge in [0.2, 0.25) is 0 Å². The van der Waals surface area contributed by atoms with Gasteiger partial charge in [0.1, 0.15) is 5.82 Å². The molecule has 0 amide bonds. The second-order valence-corrected chi connectivity index (χ2v) is 4.63. The minimum absolute atomic E-state index is 0.491. The third-order valence-electron chi connectivity index (χ3n) is 3.18. The number of aromatic nitrogens is 2. The lowest BCUT2D eigenvalue weighted by Crippen LogP contribution is -2.37.